The summed E-state index contributed by atoms with van der Waals surface area (Å²) in [5, 5.41) is 0.346. The maximum Gasteiger partial charge on any atom is 0.261 e. The molecular formula is C20H19BrClF2N3O2S. The monoisotopic (exact) mass is 517 g/mol. The first-order chi connectivity index (χ1) is 14.0. The van der Waals surface area contributed by atoms with Crippen LogP contribution in [-0.4, -0.2) is 55.2 Å². The van der Waals surface area contributed by atoms with Crippen LogP contribution in [0.15, 0.2) is 40.9 Å². The van der Waals surface area contributed by atoms with Crippen molar-refractivity contribution in [1.82, 2.24) is 9.88 Å². The van der Waals surface area contributed by atoms with Gasteiger partial charge in [-0.05, 0) is 34.1 Å². The van der Waals surface area contributed by atoms with Crippen LogP contribution in [0.2, 0.25) is 0 Å². The minimum atomic E-state index is -0.732. The number of morpholine rings is 1. The van der Waals surface area contributed by atoms with Gasteiger partial charge in [-0.25, -0.2) is 13.8 Å². The van der Waals surface area contributed by atoms with E-state index < -0.39 is 11.6 Å². The predicted octanol–water partition coefficient (Wildman–Crippen LogP) is 4.74. The summed E-state index contributed by atoms with van der Waals surface area (Å²) in [6.07, 6.45) is 0. The zero-order valence-electron chi connectivity index (χ0n) is 15.8. The van der Waals surface area contributed by atoms with Crippen LogP contribution in [0.1, 0.15) is 10.4 Å². The summed E-state index contributed by atoms with van der Waals surface area (Å²) in [5.41, 5.74) is 0.558. The van der Waals surface area contributed by atoms with Crippen molar-refractivity contribution in [3.8, 4) is 0 Å². The van der Waals surface area contributed by atoms with E-state index in [0.717, 1.165) is 30.5 Å². The molecule has 0 saturated carbocycles. The standard InChI is InChI=1S/C20H18BrF2N3O2S.ClH/c21-15-4-2-1-3-14(15)19(27)26(6-5-25-7-9-28-10-8-25)20-24-18-16(23)11-13(22)12-17(18)29-20;/h1-4,11-12H,5-10H2;1H. The Hall–Kier alpha value is -1.65. The van der Waals surface area contributed by atoms with E-state index in [1.54, 1.807) is 18.2 Å². The van der Waals surface area contributed by atoms with Crippen LogP contribution < -0.4 is 4.90 Å². The molecule has 160 valence electrons. The highest BCUT2D eigenvalue weighted by atomic mass is 79.9. The average molecular weight is 519 g/mol. The Bertz CT molecular complexity index is 1050. The van der Waals surface area contributed by atoms with Crippen LogP contribution in [0.4, 0.5) is 13.9 Å². The Kier molecular flexibility index (Phi) is 7.75. The second-order valence-electron chi connectivity index (χ2n) is 6.62. The summed E-state index contributed by atoms with van der Waals surface area (Å²) >= 11 is 4.52. The van der Waals surface area contributed by atoms with Crippen LogP contribution in [0.5, 0.6) is 0 Å². The highest BCUT2D eigenvalue weighted by molar-refractivity contribution is 9.10. The van der Waals surface area contributed by atoms with Crippen LogP contribution in [0.25, 0.3) is 10.2 Å². The first-order valence-corrected chi connectivity index (χ1v) is 10.8. The summed E-state index contributed by atoms with van der Waals surface area (Å²) in [7, 11) is 0. The van der Waals surface area contributed by atoms with Crippen molar-refractivity contribution >= 4 is 60.9 Å². The molecule has 1 amide bonds. The molecule has 0 atom stereocenters. The van der Waals surface area contributed by atoms with E-state index >= 15 is 0 Å². The number of hydrogen-bond donors (Lipinski definition) is 0. The summed E-state index contributed by atoms with van der Waals surface area (Å²) in [6.45, 7) is 3.90. The molecule has 2 aromatic carbocycles. The summed E-state index contributed by atoms with van der Waals surface area (Å²) in [6, 6.07) is 9.17. The number of nitrogens with zero attached hydrogens (tertiary/aromatic N) is 3. The maximum atomic E-state index is 14.2. The van der Waals surface area contributed by atoms with E-state index in [1.807, 2.05) is 6.07 Å². The van der Waals surface area contributed by atoms with Crippen LogP contribution in [0, 0.1) is 11.6 Å². The Labute approximate surface area is 191 Å². The van der Waals surface area contributed by atoms with Crippen molar-refractivity contribution < 1.29 is 18.3 Å². The lowest BCUT2D eigenvalue weighted by Gasteiger charge is -2.29. The third kappa shape index (κ3) is 4.97. The molecule has 4 rings (SSSR count). The van der Waals surface area contributed by atoms with Crippen molar-refractivity contribution in [2.45, 2.75) is 0 Å². The van der Waals surface area contributed by atoms with Crippen molar-refractivity contribution in [1.29, 1.82) is 0 Å². The molecule has 10 heteroatoms. The van der Waals surface area contributed by atoms with Gasteiger partial charge >= 0.3 is 0 Å². The molecule has 1 aliphatic rings. The highest BCUT2D eigenvalue weighted by Crippen LogP contribution is 2.32. The molecule has 30 heavy (non-hydrogen) atoms. The van der Waals surface area contributed by atoms with Gasteiger partial charge in [-0.3, -0.25) is 14.6 Å². The summed E-state index contributed by atoms with van der Waals surface area (Å²) < 4.78 is 34.2. The molecule has 0 radical (unpaired) electrons. The molecule has 0 N–H and O–H groups in total. The number of benzene rings is 2. The van der Waals surface area contributed by atoms with Crippen molar-refractivity contribution in [3.05, 3.63) is 58.1 Å². The van der Waals surface area contributed by atoms with Crippen molar-refractivity contribution in [2.75, 3.05) is 44.3 Å². The van der Waals surface area contributed by atoms with Gasteiger partial charge in [0.05, 0.1) is 23.5 Å². The molecule has 0 aliphatic carbocycles. The molecule has 0 bridgehead atoms. The lowest BCUT2D eigenvalue weighted by Crippen LogP contribution is -2.43. The molecule has 3 aromatic rings. The van der Waals surface area contributed by atoms with Gasteiger partial charge in [-0.2, -0.15) is 0 Å². The molecule has 0 spiro atoms. The fourth-order valence-corrected chi connectivity index (χ4v) is 4.67. The number of carbonyl (C=O) groups is 1. The molecule has 2 heterocycles. The Morgan fingerprint density at radius 1 is 1.23 bits per heavy atom. The van der Waals surface area contributed by atoms with E-state index in [2.05, 4.69) is 25.8 Å². The Balaban J connectivity index is 0.00000256. The smallest absolute Gasteiger partial charge is 0.261 e. The number of amides is 1. The lowest BCUT2D eigenvalue weighted by atomic mass is 10.2. The van der Waals surface area contributed by atoms with Crippen molar-refractivity contribution in [3.63, 3.8) is 0 Å². The van der Waals surface area contributed by atoms with Gasteiger partial charge < -0.3 is 4.74 Å². The van der Waals surface area contributed by atoms with Gasteiger partial charge in [0.2, 0.25) is 0 Å². The van der Waals surface area contributed by atoms with Gasteiger partial charge in [-0.1, -0.05) is 23.5 Å². The van der Waals surface area contributed by atoms with E-state index in [0.29, 0.717) is 46.2 Å². The number of aromatic nitrogens is 1. The summed E-state index contributed by atoms with van der Waals surface area (Å²) in [4.78, 5) is 21.4. The number of halogens is 4. The zero-order chi connectivity index (χ0) is 20.4. The van der Waals surface area contributed by atoms with Gasteiger partial charge in [-0.15, -0.1) is 12.4 Å². The fraction of sp³-hybridized carbons (Fsp3) is 0.300. The molecular weight excluding hydrogens is 500 g/mol. The van der Waals surface area contributed by atoms with E-state index in [9.17, 15) is 13.6 Å². The number of hydrogen-bond acceptors (Lipinski definition) is 5. The fourth-order valence-electron chi connectivity index (χ4n) is 3.19. The Morgan fingerprint density at radius 2 is 1.97 bits per heavy atom. The number of fused-ring (bicyclic) bond motifs is 1. The molecule has 1 aromatic heterocycles. The number of thiazole rings is 1. The first-order valence-electron chi connectivity index (χ1n) is 9.15. The minimum absolute atomic E-state index is 0. The molecule has 0 unspecified atom stereocenters. The molecule has 1 aliphatic heterocycles. The second-order valence-corrected chi connectivity index (χ2v) is 8.48. The third-order valence-electron chi connectivity index (χ3n) is 4.73. The predicted molar refractivity (Wildman–Crippen MR) is 120 cm³/mol. The number of rotatable bonds is 5. The van der Waals surface area contributed by atoms with Gasteiger partial charge in [0.15, 0.2) is 10.9 Å². The van der Waals surface area contributed by atoms with E-state index in [1.165, 1.54) is 11.0 Å². The van der Waals surface area contributed by atoms with Gasteiger partial charge in [0.1, 0.15) is 11.3 Å². The van der Waals surface area contributed by atoms with Gasteiger partial charge in [0, 0.05) is 36.7 Å². The van der Waals surface area contributed by atoms with Crippen LogP contribution >= 0.6 is 39.7 Å². The quantitative estimate of drug-likeness (QED) is 0.490. The highest BCUT2D eigenvalue weighted by Gasteiger charge is 2.25. The Morgan fingerprint density at radius 3 is 2.70 bits per heavy atom. The maximum absolute atomic E-state index is 14.2. The topological polar surface area (TPSA) is 45.7 Å². The molecule has 1 fully saturated rings. The van der Waals surface area contributed by atoms with E-state index in [-0.39, 0.29) is 23.8 Å². The minimum Gasteiger partial charge on any atom is -0.379 e. The summed E-state index contributed by atoms with van der Waals surface area (Å²) in [5.74, 6) is -1.64. The molecule has 5 nitrogen and oxygen atoms in total. The SMILES string of the molecule is Cl.O=C(c1ccccc1Br)N(CCN1CCOCC1)c1nc2c(F)cc(F)cc2s1. The zero-order valence-corrected chi connectivity index (χ0v) is 19.0. The second kappa shape index (κ2) is 10.1. The lowest BCUT2D eigenvalue weighted by molar-refractivity contribution is 0.0391. The molecule has 1 saturated heterocycles. The van der Waals surface area contributed by atoms with Crippen LogP contribution in [0.3, 0.4) is 0 Å². The average Bonchev–Trinajstić information content (AvgIpc) is 3.13. The number of ether oxygens (including phenoxy) is 1. The number of carbonyl (C=O) groups excluding carboxylic acids is 1. The normalized spacial score (nSPS) is 14.5. The third-order valence-corrected chi connectivity index (χ3v) is 6.44. The van der Waals surface area contributed by atoms with Crippen molar-refractivity contribution in [2.24, 2.45) is 0 Å². The largest absolute Gasteiger partial charge is 0.379 e. The van der Waals surface area contributed by atoms with E-state index in [4.69, 9.17) is 4.74 Å². The number of anilines is 1. The van der Waals surface area contributed by atoms with Gasteiger partial charge in [0.25, 0.3) is 5.91 Å². The van der Waals surface area contributed by atoms with Crippen LogP contribution in [-0.2, 0) is 4.74 Å². The first kappa shape index (κ1) is 23.0.